The Morgan fingerprint density at radius 3 is 2.42 bits per heavy atom. The minimum atomic E-state index is -4.61. The molecule has 9 heteroatoms. The second-order valence-corrected chi connectivity index (χ2v) is 6.00. The van der Waals surface area contributed by atoms with Crippen molar-refractivity contribution in [3.05, 3.63) is 51.5 Å². The third-order valence-electron chi connectivity index (χ3n) is 3.47. The summed E-state index contributed by atoms with van der Waals surface area (Å²) >= 11 is 2.87. The van der Waals surface area contributed by atoms with E-state index in [0.717, 1.165) is 4.68 Å². The number of nitrogens with one attached hydrogen (secondary N) is 1. The van der Waals surface area contributed by atoms with Gasteiger partial charge in [-0.25, -0.2) is 4.39 Å². The Kier molecular flexibility index (Phi) is 5.32. The molecule has 1 unspecified atom stereocenters. The summed E-state index contributed by atoms with van der Waals surface area (Å²) in [4.78, 5) is 12.2. The zero-order valence-corrected chi connectivity index (χ0v) is 14.4. The van der Waals surface area contributed by atoms with Gasteiger partial charge >= 0.3 is 6.18 Å². The third-order valence-corrected chi connectivity index (χ3v) is 4.42. The molecule has 1 atom stereocenters. The summed E-state index contributed by atoms with van der Waals surface area (Å²) in [5.41, 5.74) is -0.198. The van der Waals surface area contributed by atoms with Crippen molar-refractivity contribution in [2.75, 3.05) is 0 Å². The fourth-order valence-electron chi connectivity index (χ4n) is 2.11. The SMILES string of the molecule is Cc1c(Br)c(C(F)(F)F)nn1C(C)C(=O)NCc1ccc(F)cc1. The van der Waals surface area contributed by atoms with E-state index in [1.54, 1.807) is 0 Å². The molecular formula is C15H14BrF4N3O. The summed E-state index contributed by atoms with van der Waals surface area (Å²) in [6.45, 7) is 3.03. The van der Waals surface area contributed by atoms with Crippen LogP contribution in [0.3, 0.4) is 0 Å². The molecular weight excluding hydrogens is 394 g/mol. The quantitative estimate of drug-likeness (QED) is 0.778. The van der Waals surface area contributed by atoms with Gasteiger partial charge in [-0.1, -0.05) is 12.1 Å². The summed E-state index contributed by atoms with van der Waals surface area (Å²) in [5, 5.41) is 6.10. The molecule has 1 N–H and O–H groups in total. The molecule has 130 valence electrons. The van der Waals surface area contributed by atoms with Gasteiger partial charge in [-0.05, 0) is 47.5 Å². The van der Waals surface area contributed by atoms with Crippen LogP contribution < -0.4 is 5.32 Å². The first-order valence-corrected chi connectivity index (χ1v) is 7.74. The highest BCUT2D eigenvalue weighted by atomic mass is 79.9. The average molecular weight is 408 g/mol. The monoisotopic (exact) mass is 407 g/mol. The van der Waals surface area contributed by atoms with E-state index in [0.29, 0.717) is 5.56 Å². The number of amides is 1. The number of benzene rings is 1. The van der Waals surface area contributed by atoms with Crippen molar-refractivity contribution in [1.82, 2.24) is 15.1 Å². The van der Waals surface area contributed by atoms with Crippen LogP contribution in [0.25, 0.3) is 0 Å². The van der Waals surface area contributed by atoms with Gasteiger partial charge in [0.1, 0.15) is 11.9 Å². The highest BCUT2D eigenvalue weighted by molar-refractivity contribution is 9.10. The molecule has 0 fully saturated rings. The van der Waals surface area contributed by atoms with Crippen LogP contribution in [0.1, 0.15) is 29.9 Å². The molecule has 1 amide bonds. The van der Waals surface area contributed by atoms with E-state index in [9.17, 15) is 22.4 Å². The van der Waals surface area contributed by atoms with Gasteiger partial charge < -0.3 is 5.32 Å². The average Bonchev–Trinajstić information content (AvgIpc) is 2.81. The number of hydrogen-bond acceptors (Lipinski definition) is 2. The van der Waals surface area contributed by atoms with Crippen molar-refractivity contribution >= 4 is 21.8 Å². The van der Waals surface area contributed by atoms with Gasteiger partial charge in [0, 0.05) is 6.54 Å². The number of hydrogen-bond donors (Lipinski definition) is 1. The molecule has 0 saturated carbocycles. The van der Waals surface area contributed by atoms with Gasteiger partial charge in [0.05, 0.1) is 10.2 Å². The molecule has 0 aliphatic carbocycles. The minimum absolute atomic E-state index is 0.136. The highest BCUT2D eigenvalue weighted by Crippen LogP contribution is 2.36. The van der Waals surface area contributed by atoms with Crippen LogP contribution in [-0.2, 0) is 17.5 Å². The molecule has 0 radical (unpaired) electrons. The Morgan fingerprint density at radius 2 is 1.92 bits per heavy atom. The Morgan fingerprint density at radius 1 is 1.33 bits per heavy atom. The molecule has 4 nitrogen and oxygen atoms in total. The van der Waals surface area contributed by atoms with Gasteiger partial charge in [0.2, 0.25) is 5.91 Å². The van der Waals surface area contributed by atoms with Crippen LogP contribution in [0, 0.1) is 12.7 Å². The summed E-state index contributed by atoms with van der Waals surface area (Å²) < 4.78 is 52.3. The van der Waals surface area contributed by atoms with E-state index in [2.05, 4.69) is 26.3 Å². The van der Waals surface area contributed by atoms with Gasteiger partial charge in [-0.15, -0.1) is 0 Å². The number of carbonyl (C=O) groups is 1. The highest BCUT2D eigenvalue weighted by Gasteiger charge is 2.38. The van der Waals surface area contributed by atoms with E-state index in [1.165, 1.54) is 38.1 Å². The number of rotatable bonds is 4. The van der Waals surface area contributed by atoms with Crippen LogP contribution >= 0.6 is 15.9 Å². The fourth-order valence-corrected chi connectivity index (χ4v) is 2.59. The van der Waals surface area contributed by atoms with Crippen LogP contribution in [0.15, 0.2) is 28.7 Å². The van der Waals surface area contributed by atoms with Gasteiger partial charge in [-0.3, -0.25) is 9.48 Å². The Balaban J connectivity index is 2.12. The Bertz CT molecular complexity index is 740. The third kappa shape index (κ3) is 3.95. The first-order valence-electron chi connectivity index (χ1n) is 6.95. The lowest BCUT2D eigenvalue weighted by Gasteiger charge is -2.14. The Labute approximate surface area is 144 Å². The number of halogens is 5. The number of aromatic nitrogens is 2. The number of alkyl halides is 3. The van der Waals surface area contributed by atoms with Crippen molar-refractivity contribution in [3.63, 3.8) is 0 Å². The van der Waals surface area contributed by atoms with Crippen molar-refractivity contribution in [2.24, 2.45) is 0 Å². The maximum absolute atomic E-state index is 12.9. The summed E-state index contributed by atoms with van der Waals surface area (Å²) in [6.07, 6.45) is -4.61. The zero-order valence-electron chi connectivity index (χ0n) is 12.8. The molecule has 24 heavy (non-hydrogen) atoms. The summed E-state index contributed by atoms with van der Waals surface area (Å²) in [7, 11) is 0. The first kappa shape index (κ1) is 18.4. The molecule has 2 aromatic rings. The number of nitrogens with zero attached hydrogens (tertiary/aromatic N) is 2. The molecule has 1 heterocycles. The first-order chi connectivity index (χ1) is 11.1. The van der Waals surface area contributed by atoms with Gasteiger partial charge in [0.25, 0.3) is 0 Å². The van der Waals surface area contributed by atoms with Crippen molar-refractivity contribution in [2.45, 2.75) is 32.6 Å². The molecule has 1 aromatic carbocycles. The molecule has 1 aromatic heterocycles. The van der Waals surface area contributed by atoms with Crippen LogP contribution in [0.2, 0.25) is 0 Å². The van der Waals surface area contributed by atoms with Gasteiger partial charge in [-0.2, -0.15) is 18.3 Å². The molecule has 0 saturated heterocycles. The van der Waals surface area contributed by atoms with E-state index in [1.807, 2.05) is 0 Å². The normalized spacial score (nSPS) is 13.0. The maximum Gasteiger partial charge on any atom is 0.436 e. The van der Waals surface area contributed by atoms with Gasteiger partial charge in [0.15, 0.2) is 5.69 Å². The lowest BCUT2D eigenvalue weighted by atomic mass is 10.2. The molecule has 0 aliphatic heterocycles. The van der Waals surface area contributed by atoms with E-state index < -0.39 is 29.6 Å². The molecule has 0 bridgehead atoms. The standard InChI is InChI=1S/C15H14BrF4N3O/c1-8-12(16)13(15(18,19)20)22-23(8)9(2)14(24)21-7-10-3-5-11(17)6-4-10/h3-6,9H,7H2,1-2H3,(H,21,24). The minimum Gasteiger partial charge on any atom is -0.350 e. The van der Waals surface area contributed by atoms with Crippen molar-refractivity contribution in [1.29, 1.82) is 0 Å². The van der Waals surface area contributed by atoms with E-state index in [-0.39, 0.29) is 16.7 Å². The predicted molar refractivity (Wildman–Crippen MR) is 82.6 cm³/mol. The summed E-state index contributed by atoms with van der Waals surface area (Å²) in [5.74, 6) is -0.888. The second kappa shape index (κ2) is 6.92. The second-order valence-electron chi connectivity index (χ2n) is 5.21. The molecule has 0 aliphatic rings. The Hall–Kier alpha value is -1.90. The smallest absolute Gasteiger partial charge is 0.350 e. The topological polar surface area (TPSA) is 46.9 Å². The maximum atomic E-state index is 12.9. The van der Waals surface area contributed by atoms with Crippen molar-refractivity contribution in [3.8, 4) is 0 Å². The van der Waals surface area contributed by atoms with Crippen molar-refractivity contribution < 1.29 is 22.4 Å². The molecule has 0 spiro atoms. The zero-order chi connectivity index (χ0) is 18.1. The fraction of sp³-hybridized carbons (Fsp3) is 0.333. The lowest BCUT2D eigenvalue weighted by molar-refractivity contribution is -0.142. The molecule has 2 rings (SSSR count). The van der Waals surface area contributed by atoms with Crippen LogP contribution in [0.4, 0.5) is 17.6 Å². The van der Waals surface area contributed by atoms with Crippen LogP contribution in [0.5, 0.6) is 0 Å². The largest absolute Gasteiger partial charge is 0.436 e. The predicted octanol–water partition coefficient (Wildman–Crippen LogP) is 3.99. The lowest BCUT2D eigenvalue weighted by Crippen LogP contribution is -2.31. The number of carbonyl (C=O) groups excluding carboxylic acids is 1. The van der Waals surface area contributed by atoms with Crippen LogP contribution in [-0.4, -0.2) is 15.7 Å². The van der Waals surface area contributed by atoms with E-state index in [4.69, 9.17) is 0 Å². The van der Waals surface area contributed by atoms with E-state index >= 15 is 0 Å². The summed E-state index contributed by atoms with van der Waals surface area (Å²) in [6, 6.07) is 4.61.